The zero-order valence-electron chi connectivity index (χ0n) is 15.8. The summed E-state index contributed by atoms with van der Waals surface area (Å²) in [4.78, 5) is 21.7. The van der Waals surface area contributed by atoms with Crippen LogP contribution in [0.2, 0.25) is 0 Å². The summed E-state index contributed by atoms with van der Waals surface area (Å²) in [6.07, 6.45) is 8.63. The maximum absolute atomic E-state index is 13.0. The summed E-state index contributed by atoms with van der Waals surface area (Å²) in [7, 11) is 0. The minimum Gasteiger partial charge on any atom is -0.477 e. The number of anilines is 1. The molecule has 27 heavy (non-hydrogen) atoms. The molecule has 7 nitrogen and oxygen atoms in total. The smallest absolute Gasteiger partial charge is 0.258 e. The van der Waals surface area contributed by atoms with Gasteiger partial charge in [-0.05, 0) is 69.6 Å². The van der Waals surface area contributed by atoms with E-state index in [0.29, 0.717) is 47.8 Å². The number of nitrogens with zero attached hydrogens (tertiary/aromatic N) is 2. The number of carbonyl (C=O) groups excluding carboxylic acids is 1. The summed E-state index contributed by atoms with van der Waals surface area (Å²) in [6, 6.07) is 0.575. The minimum atomic E-state index is -0.493. The highest BCUT2D eigenvalue weighted by Gasteiger charge is 2.55. The van der Waals surface area contributed by atoms with Crippen LogP contribution in [0.15, 0.2) is 6.20 Å². The summed E-state index contributed by atoms with van der Waals surface area (Å²) < 4.78 is 5.63. The van der Waals surface area contributed by atoms with Crippen molar-refractivity contribution in [3.05, 3.63) is 11.8 Å². The van der Waals surface area contributed by atoms with Crippen LogP contribution >= 0.6 is 0 Å². The first-order chi connectivity index (χ1) is 13.0. The van der Waals surface area contributed by atoms with Crippen LogP contribution in [0, 0.1) is 17.8 Å². The van der Waals surface area contributed by atoms with Gasteiger partial charge in [0, 0.05) is 18.3 Å². The molecule has 146 valence electrons. The lowest BCUT2D eigenvalue weighted by Crippen LogP contribution is -2.61. The van der Waals surface area contributed by atoms with E-state index in [1.54, 1.807) is 6.20 Å². The van der Waals surface area contributed by atoms with E-state index in [0.717, 1.165) is 44.9 Å². The number of hydrogen-bond acceptors (Lipinski definition) is 6. The molecule has 5 aliphatic rings. The lowest BCUT2D eigenvalue weighted by molar-refractivity contribution is -0.136. The summed E-state index contributed by atoms with van der Waals surface area (Å²) in [5.74, 6) is 2.07. The Hall–Kier alpha value is -1.89. The Morgan fingerprint density at radius 2 is 2.04 bits per heavy atom. The fourth-order valence-electron chi connectivity index (χ4n) is 5.69. The molecule has 1 aromatic rings. The predicted octanol–water partition coefficient (Wildman–Crippen LogP) is 2.12. The van der Waals surface area contributed by atoms with Crippen molar-refractivity contribution < 1.29 is 14.6 Å². The van der Waals surface area contributed by atoms with Gasteiger partial charge in [-0.3, -0.25) is 4.79 Å². The van der Waals surface area contributed by atoms with Crippen molar-refractivity contribution in [2.24, 2.45) is 17.8 Å². The second kappa shape index (κ2) is 6.33. The molecule has 0 radical (unpaired) electrons. The Bertz CT molecular complexity index is 735. The average Bonchev–Trinajstić information content (AvgIpc) is 3.41. The first-order valence-corrected chi connectivity index (χ1v) is 10.3. The van der Waals surface area contributed by atoms with E-state index in [4.69, 9.17) is 4.74 Å². The van der Waals surface area contributed by atoms with Crippen molar-refractivity contribution in [2.75, 3.05) is 11.9 Å². The Morgan fingerprint density at radius 1 is 1.30 bits per heavy atom. The topological polar surface area (TPSA) is 96.4 Å². The van der Waals surface area contributed by atoms with Gasteiger partial charge in [0.25, 0.3) is 5.91 Å². The first-order valence-electron chi connectivity index (χ1n) is 10.3. The molecule has 1 aromatic heterocycles. The fourth-order valence-corrected chi connectivity index (χ4v) is 5.69. The van der Waals surface area contributed by atoms with Gasteiger partial charge in [0.1, 0.15) is 5.56 Å². The number of aliphatic hydroxyl groups is 1. The first kappa shape index (κ1) is 17.2. The van der Waals surface area contributed by atoms with Crippen LogP contribution in [-0.2, 0) is 0 Å². The number of aromatic nitrogens is 2. The third-order valence-electron chi connectivity index (χ3n) is 6.73. The standard InChI is InChI=1S/C20H28N4O3/c1-2-27-18-15(10-21-19(24-18)22-14-3-4-14)17(25)23-16-12-5-11-6-13(16)9-20(26,7-11)8-12/h10-14,16,26H,2-9H2,1H3,(H,23,25)(H,21,22,24). The highest BCUT2D eigenvalue weighted by Crippen LogP contribution is 2.55. The molecule has 7 heteroatoms. The second-order valence-electron chi connectivity index (χ2n) is 8.96. The van der Waals surface area contributed by atoms with Gasteiger partial charge in [0.15, 0.2) is 0 Å². The van der Waals surface area contributed by atoms with Crippen molar-refractivity contribution in [2.45, 2.75) is 69.6 Å². The molecule has 6 rings (SSSR count). The monoisotopic (exact) mass is 372 g/mol. The van der Waals surface area contributed by atoms with Crippen LogP contribution in [-0.4, -0.2) is 45.3 Å². The number of nitrogens with one attached hydrogen (secondary N) is 2. The molecule has 4 bridgehead atoms. The van der Waals surface area contributed by atoms with Gasteiger partial charge in [0.2, 0.25) is 11.8 Å². The molecule has 0 saturated heterocycles. The number of carbonyl (C=O) groups is 1. The maximum atomic E-state index is 13.0. The zero-order chi connectivity index (χ0) is 18.6. The van der Waals surface area contributed by atoms with Crippen molar-refractivity contribution in [1.82, 2.24) is 15.3 Å². The van der Waals surface area contributed by atoms with Crippen LogP contribution in [0.5, 0.6) is 5.88 Å². The van der Waals surface area contributed by atoms with Crippen molar-refractivity contribution in [3.8, 4) is 5.88 Å². The molecule has 1 amide bonds. The van der Waals surface area contributed by atoms with E-state index in [1.165, 1.54) is 0 Å². The van der Waals surface area contributed by atoms with Gasteiger partial charge in [-0.15, -0.1) is 0 Å². The number of rotatable bonds is 6. The largest absolute Gasteiger partial charge is 0.477 e. The average molecular weight is 372 g/mol. The SMILES string of the molecule is CCOc1nc(NC2CC2)ncc1C(=O)NC1C2CC3CC1CC(O)(C3)C2. The highest BCUT2D eigenvalue weighted by molar-refractivity contribution is 5.96. The van der Waals surface area contributed by atoms with Gasteiger partial charge in [0.05, 0.1) is 12.2 Å². The number of ether oxygens (including phenoxy) is 1. The van der Waals surface area contributed by atoms with Crippen LogP contribution in [0.25, 0.3) is 0 Å². The summed E-state index contributed by atoms with van der Waals surface area (Å²) in [6.45, 7) is 2.33. The lowest BCUT2D eigenvalue weighted by Gasteiger charge is -2.58. The Balaban J connectivity index is 1.33. The molecule has 0 aliphatic heterocycles. The second-order valence-corrected chi connectivity index (χ2v) is 8.96. The van der Waals surface area contributed by atoms with Gasteiger partial charge in [-0.1, -0.05) is 0 Å². The van der Waals surface area contributed by atoms with Gasteiger partial charge in [-0.25, -0.2) is 4.98 Å². The molecular formula is C20H28N4O3. The lowest BCUT2D eigenvalue weighted by atomic mass is 9.52. The van der Waals surface area contributed by atoms with Crippen molar-refractivity contribution in [3.63, 3.8) is 0 Å². The molecule has 2 unspecified atom stereocenters. The van der Waals surface area contributed by atoms with Crippen molar-refractivity contribution >= 4 is 11.9 Å². The van der Waals surface area contributed by atoms with Crippen molar-refractivity contribution in [1.29, 1.82) is 0 Å². The third-order valence-corrected chi connectivity index (χ3v) is 6.73. The summed E-state index contributed by atoms with van der Waals surface area (Å²) >= 11 is 0. The van der Waals surface area contributed by atoms with E-state index < -0.39 is 5.60 Å². The molecule has 5 saturated carbocycles. The fraction of sp³-hybridized carbons (Fsp3) is 0.750. The molecule has 0 aromatic carbocycles. The molecule has 3 N–H and O–H groups in total. The van der Waals surface area contributed by atoms with E-state index in [9.17, 15) is 9.90 Å². The van der Waals surface area contributed by atoms with E-state index in [1.807, 2.05) is 6.92 Å². The predicted molar refractivity (Wildman–Crippen MR) is 99.6 cm³/mol. The third kappa shape index (κ3) is 3.26. The molecule has 1 heterocycles. The van der Waals surface area contributed by atoms with Crippen LogP contribution in [0.1, 0.15) is 62.2 Å². The quantitative estimate of drug-likeness (QED) is 0.708. The summed E-state index contributed by atoms with van der Waals surface area (Å²) in [5, 5.41) is 17.2. The van der Waals surface area contributed by atoms with Crippen LogP contribution in [0.3, 0.4) is 0 Å². The molecule has 2 atom stereocenters. The highest BCUT2D eigenvalue weighted by atomic mass is 16.5. The molecule has 0 spiro atoms. The van der Waals surface area contributed by atoms with Gasteiger partial charge >= 0.3 is 0 Å². The molecule has 5 aliphatic carbocycles. The Morgan fingerprint density at radius 3 is 2.67 bits per heavy atom. The number of hydrogen-bond donors (Lipinski definition) is 3. The maximum Gasteiger partial charge on any atom is 0.258 e. The molecule has 5 fully saturated rings. The van der Waals surface area contributed by atoms with E-state index in [-0.39, 0.29) is 11.9 Å². The molecular weight excluding hydrogens is 344 g/mol. The summed E-state index contributed by atoms with van der Waals surface area (Å²) in [5.41, 5.74) is -0.0984. The Kier molecular flexibility index (Phi) is 4.04. The van der Waals surface area contributed by atoms with Crippen LogP contribution in [0.4, 0.5) is 5.95 Å². The number of amides is 1. The van der Waals surface area contributed by atoms with E-state index in [2.05, 4.69) is 20.6 Å². The normalized spacial score (nSPS) is 36.5. The Labute approximate surface area is 159 Å². The van der Waals surface area contributed by atoms with Crippen LogP contribution < -0.4 is 15.4 Å². The van der Waals surface area contributed by atoms with Gasteiger partial charge in [-0.2, -0.15) is 4.98 Å². The minimum absolute atomic E-state index is 0.132. The zero-order valence-corrected chi connectivity index (χ0v) is 15.8. The van der Waals surface area contributed by atoms with Gasteiger partial charge < -0.3 is 20.5 Å². The van der Waals surface area contributed by atoms with E-state index >= 15 is 0 Å².